The molecule has 8 heteroatoms. The number of aromatic nitrogens is 3. The number of rotatable bonds is 3. The molecule has 2 heterocycles. The minimum Gasteiger partial charge on any atom is -0.347 e. The lowest BCUT2D eigenvalue weighted by molar-refractivity contribution is 0.0932. The molecule has 1 aromatic heterocycles. The van der Waals surface area contributed by atoms with Crippen molar-refractivity contribution >= 4 is 23.2 Å². The van der Waals surface area contributed by atoms with E-state index in [9.17, 15) is 4.79 Å². The van der Waals surface area contributed by atoms with Crippen LogP contribution in [0, 0.1) is 0 Å². The summed E-state index contributed by atoms with van der Waals surface area (Å²) in [5.41, 5.74) is 8.58. The predicted octanol–water partition coefficient (Wildman–Crippen LogP) is 3.76. The van der Waals surface area contributed by atoms with Crippen LogP contribution in [0.3, 0.4) is 0 Å². The molecule has 1 aliphatic heterocycles. The molecule has 0 radical (unpaired) electrons. The monoisotopic (exact) mass is 438 g/mol. The Bertz CT molecular complexity index is 1090. The standard InChI is InChI=1S/C20H18ClN5O.C3H9N/c1-12(2)23-20(27)19-24-17-11-22-18(13-6-4-3-5-7-13)15-10-14(21)8-9-16(15)26(17)25-19;1-3(2)4/h3-10,12H,11H2,1-2H3,(H,23,27);3H,4H2,1-2H3. The van der Waals surface area contributed by atoms with Crippen LogP contribution in [0.15, 0.2) is 53.5 Å². The van der Waals surface area contributed by atoms with Crippen molar-refractivity contribution in [3.8, 4) is 5.69 Å². The summed E-state index contributed by atoms with van der Waals surface area (Å²) < 4.78 is 1.68. The summed E-state index contributed by atoms with van der Waals surface area (Å²) in [5, 5.41) is 7.87. The van der Waals surface area contributed by atoms with Crippen LogP contribution in [0.1, 0.15) is 55.3 Å². The molecule has 0 fully saturated rings. The van der Waals surface area contributed by atoms with E-state index in [0.29, 0.717) is 23.4 Å². The molecule has 1 aliphatic rings. The molecule has 162 valence electrons. The summed E-state index contributed by atoms with van der Waals surface area (Å²) >= 11 is 6.26. The SMILES string of the molecule is CC(C)N.CC(C)NC(=O)c1nc2n(n1)-c1ccc(Cl)cc1C(c1ccccc1)=NC2. The molecule has 0 spiro atoms. The van der Waals surface area contributed by atoms with Crippen molar-refractivity contribution < 1.29 is 4.79 Å². The minimum atomic E-state index is -0.298. The van der Waals surface area contributed by atoms with E-state index in [1.807, 2.05) is 70.2 Å². The Kier molecular flexibility index (Phi) is 7.20. The molecule has 1 amide bonds. The number of amides is 1. The van der Waals surface area contributed by atoms with Gasteiger partial charge in [-0.05, 0) is 38.1 Å². The molecule has 0 atom stereocenters. The van der Waals surface area contributed by atoms with Crippen molar-refractivity contribution in [2.24, 2.45) is 10.7 Å². The van der Waals surface area contributed by atoms with E-state index in [0.717, 1.165) is 22.5 Å². The zero-order valence-electron chi connectivity index (χ0n) is 18.1. The number of nitrogens with one attached hydrogen (secondary N) is 1. The van der Waals surface area contributed by atoms with Gasteiger partial charge in [0.2, 0.25) is 5.82 Å². The molecule has 0 unspecified atom stereocenters. The number of fused-ring (bicyclic) bond motifs is 3. The Morgan fingerprint density at radius 3 is 2.45 bits per heavy atom. The molecule has 0 saturated carbocycles. The van der Waals surface area contributed by atoms with E-state index in [1.54, 1.807) is 10.7 Å². The molecule has 3 aromatic rings. The average molecular weight is 439 g/mol. The zero-order chi connectivity index (χ0) is 22.5. The first-order chi connectivity index (χ1) is 14.8. The van der Waals surface area contributed by atoms with E-state index in [-0.39, 0.29) is 17.8 Å². The Morgan fingerprint density at radius 2 is 1.81 bits per heavy atom. The lowest BCUT2D eigenvalue weighted by atomic mass is 10.0. The first-order valence-electron chi connectivity index (χ1n) is 10.2. The molecule has 2 aromatic carbocycles. The maximum atomic E-state index is 12.3. The number of hydrogen-bond donors (Lipinski definition) is 2. The van der Waals surface area contributed by atoms with Crippen molar-refractivity contribution in [3.63, 3.8) is 0 Å². The average Bonchev–Trinajstić information content (AvgIpc) is 3.06. The first-order valence-corrected chi connectivity index (χ1v) is 10.6. The lowest BCUT2D eigenvalue weighted by Gasteiger charge is -2.11. The van der Waals surface area contributed by atoms with Crippen molar-refractivity contribution in [1.29, 1.82) is 0 Å². The molecule has 0 saturated heterocycles. The van der Waals surface area contributed by atoms with Gasteiger partial charge in [-0.15, -0.1) is 5.10 Å². The van der Waals surface area contributed by atoms with Crippen molar-refractivity contribution in [1.82, 2.24) is 20.1 Å². The van der Waals surface area contributed by atoms with Gasteiger partial charge in [0, 0.05) is 22.2 Å². The highest BCUT2D eigenvalue weighted by Gasteiger charge is 2.24. The molecule has 31 heavy (non-hydrogen) atoms. The smallest absolute Gasteiger partial charge is 0.291 e. The molecular formula is C23H27ClN6O. The fourth-order valence-electron chi connectivity index (χ4n) is 3.02. The van der Waals surface area contributed by atoms with Gasteiger partial charge < -0.3 is 11.1 Å². The highest BCUT2D eigenvalue weighted by molar-refractivity contribution is 6.31. The summed E-state index contributed by atoms with van der Waals surface area (Å²) in [6.45, 7) is 8.00. The normalized spacial score (nSPS) is 12.3. The maximum absolute atomic E-state index is 12.3. The number of carbonyl (C=O) groups excluding carboxylic acids is 1. The molecule has 7 nitrogen and oxygen atoms in total. The molecular weight excluding hydrogens is 412 g/mol. The Morgan fingerprint density at radius 1 is 1.13 bits per heavy atom. The highest BCUT2D eigenvalue weighted by atomic mass is 35.5. The van der Waals surface area contributed by atoms with Crippen molar-refractivity contribution in [3.05, 3.63) is 76.3 Å². The highest BCUT2D eigenvalue weighted by Crippen LogP contribution is 2.27. The quantitative estimate of drug-likeness (QED) is 0.650. The fraction of sp³-hybridized carbons (Fsp3) is 0.304. The van der Waals surface area contributed by atoms with E-state index in [2.05, 4.69) is 15.4 Å². The van der Waals surface area contributed by atoms with E-state index < -0.39 is 0 Å². The molecule has 0 aliphatic carbocycles. The van der Waals surface area contributed by atoms with Crippen LogP contribution in [0.4, 0.5) is 0 Å². The van der Waals surface area contributed by atoms with Gasteiger partial charge in [-0.1, -0.05) is 55.8 Å². The van der Waals surface area contributed by atoms with Gasteiger partial charge in [0.25, 0.3) is 5.91 Å². The lowest BCUT2D eigenvalue weighted by Crippen LogP contribution is -2.31. The third-order valence-electron chi connectivity index (χ3n) is 4.16. The summed E-state index contributed by atoms with van der Waals surface area (Å²) in [4.78, 5) is 21.5. The third kappa shape index (κ3) is 5.57. The predicted molar refractivity (Wildman–Crippen MR) is 124 cm³/mol. The largest absolute Gasteiger partial charge is 0.347 e. The van der Waals surface area contributed by atoms with Crippen molar-refractivity contribution in [2.45, 2.75) is 46.3 Å². The Labute approximate surface area is 187 Å². The number of benzene rings is 2. The molecule has 4 rings (SSSR count). The Hall–Kier alpha value is -3.03. The van der Waals surface area contributed by atoms with Gasteiger partial charge in [-0.25, -0.2) is 9.67 Å². The van der Waals surface area contributed by atoms with Gasteiger partial charge >= 0.3 is 0 Å². The van der Waals surface area contributed by atoms with Crippen LogP contribution in [0.2, 0.25) is 5.02 Å². The number of carbonyl (C=O) groups is 1. The second-order valence-corrected chi connectivity index (χ2v) is 8.26. The van der Waals surface area contributed by atoms with Crippen LogP contribution >= 0.6 is 11.6 Å². The number of nitrogens with zero attached hydrogens (tertiary/aromatic N) is 4. The first kappa shape index (κ1) is 22.7. The second kappa shape index (κ2) is 9.85. The number of aliphatic imine (C=N–C) groups is 1. The minimum absolute atomic E-state index is 0.00889. The topological polar surface area (TPSA) is 98.2 Å². The van der Waals surface area contributed by atoms with Crippen LogP contribution in [0.25, 0.3) is 5.69 Å². The third-order valence-corrected chi connectivity index (χ3v) is 4.40. The maximum Gasteiger partial charge on any atom is 0.291 e. The van der Waals surface area contributed by atoms with Crippen LogP contribution < -0.4 is 11.1 Å². The summed E-state index contributed by atoms with van der Waals surface area (Å²) in [5.74, 6) is 0.449. The Balaban J connectivity index is 0.000000628. The fourth-order valence-corrected chi connectivity index (χ4v) is 3.20. The summed E-state index contributed by atoms with van der Waals surface area (Å²) in [6.07, 6.45) is 0. The van der Waals surface area contributed by atoms with E-state index in [4.69, 9.17) is 22.3 Å². The zero-order valence-corrected chi connectivity index (χ0v) is 18.9. The van der Waals surface area contributed by atoms with Crippen LogP contribution in [0.5, 0.6) is 0 Å². The molecule has 0 bridgehead atoms. The molecule has 3 N–H and O–H groups in total. The van der Waals surface area contributed by atoms with E-state index >= 15 is 0 Å². The van der Waals surface area contributed by atoms with Gasteiger partial charge in [0.05, 0.1) is 17.9 Å². The summed E-state index contributed by atoms with van der Waals surface area (Å²) in [6, 6.07) is 15.8. The summed E-state index contributed by atoms with van der Waals surface area (Å²) in [7, 11) is 0. The van der Waals surface area contributed by atoms with Gasteiger partial charge in [-0.3, -0.25) is 9.79 Å². The second-order valence-electron chi connectivity index (χ2n) is 7.83. The van der Waals surface area contributed by atoms with E-state index in [1.165, 1.54) is 0 Å². The van der Waals surface area contributed by atoms with Crippen LogP contribution in [-0.2, 0) is 6.54 Å². The number of halogens is 1. The van der Waals surface area contributed by atoms with Gasteiger partial charge in [-0.2, -0.15) is 0 Å². The van der Waals surface area contributed by atoms with Crippen LogP contribution in [-0.4, -0.2) is 38.5 Å². The number of hydrogen-bond acceptors (Lipinski definition) is 5. The van der Waals surface area contributed by atoms with Gasteiger partial charge in [0.15, 0.2) is 5.82 Å². The number of nitrogens with two attached hydrogens (primary N) is 1. The van der Waals surface area contributed by atoms with Gasteiger partial charge in [0.1, 0.15) is 0 Å². The van der Waals surface area contributed by atoms with Crippen molar-refractivity contribution in [2.75, 3.05) is 0 Å².